The van der Waals surface area contributed by atoms with Gasteiger partial charge in [0.25, 0.3) is 5.56 Å². The van der Waals surface area contributed by atoms with Gasteiger partial charge >= 0.3 is 5.97 Å². The van der Waals surface area contributed by atoms with Gasteiger partial charge in [0.2, 0.25) is 0 Å². The van der Waals surface area contributed by atoms with Gasteiger partial charge in [0.05, 0.1) is 11.7 Å². The van der Waals surface area contributed by atoms with Crippen LogP contribution in [0.15, 0.2) is 35.4 Å². The van der Waals surface area contributed by atoms with Gasteiger partial charge in [0.15, 0.2) is 12.4 Å². The molecule has 1 aromatic carbocycles. The van der Waals surface area contributed by atoms with Crippen molar-refractivity contribution in [2.75, 3.05) is 6.61 Å². The number of thiophene rings is 1. The number of hydrogen-bond donors (Lipinski definition) is 0. The maximum absolute atomic E-state index is 12.6. The summed E-state index contributed by atoms with van der Waals surface area (Å²) in [6.07, 6.45) is 2.37. The van der Waals surface area contributed by atoms with Crippen LogP contribution >= 0.6 is 11.3 Å². The summed E-state index contributed by atoms with van der Waals surface area (Å²) >= 11 is 1.45. The van der Waals surface area contributed by atoms with Crippen molar-refractivity contribution < 1.29 is 14.3 Å². The monoisotopic (exact) mass is 412 g/mol. The molecule has 0 saturated heterocycles. The van der Waals surface area contributed by atoms with Gasteiger partial charge in [0, 0.05) is 10.4 Å². The molecule has 0 unspecified atom stereocenters. The van der Waals surface area contributed by atoms with Gasteiger partial charge in [0.1, 0.15) is 11.4 Å². The molecule has 0 bridgehead atoms. The molecule has 0 radical (unpaired) electrons. The highest BCUT2D eigenvalue weighted by Crippen LogP contribution is 2.25. The minimum absolute atomic E-state index is 0.277. The number of carbonyl (C=O) groups is 2. The van der Waals surface area contributed by atoms with E-state index in [2.05, 4.69) is 18.8 Å². The fourth-order valence-corrected chi connectivity index (χ4v) is 4.02. The number of aromatic nitrogens is 2. The van der Waals surface area contributed by atoms with E-state index in [4.69, 9.17) is 4.74 Å². The molecule has 0 N–H and O–H groups in total. The Hall–Kier alpha value is -2.80. The molecule has 0 aliphatic carbocycles. The number of carbonyl (C=O) groups excluding carboxylic acids is 2. The van der Waals surface area contributed by atoms with E-state index in [1.54, 1.807) is 12.1 Å². The van der Waals surface area contributed by atoms with E-state index in [0.29, 0.717) is 21.7 Å². The van der Waals surface area contributed by atoms with Gasteiger partial charge in [-0.25, -0.2) is 4.98 Å². The fraction of sp³-hybridized carbons (Fsp3) is 0.364. The lowest BCUT2D eigenvalue weighted by Gasteiger charge is -2.10. The highest BCUT2D eigenvalue weighted by molar-refractivity contribution is 7.18. The predicted molar refractivity (Wildman–Crippen MR) is 114 cm³/mol. The zero-order valence-corrected chi connectivity index (χ0v) is 17.8. The second-order valence-electron chi connectivity index (χ2n) is 7.16. The molecule has 29 heavy (non-hydrogen) atoms. The molecule has 3 aromatic rings. The van der Waals surface area contributed by atoms with Crippen LogP contribution in [-0.2, 0) is 16.1 Å². The van der Waals surface area contributed by atoms with Crippen molar-refractivity contribution in [3.05, 3.63) is 62.5 Å². The molecule has 0 fully saturated rings. The average Bonchev–Trinajstić information content (AvgIpc) is 3.02. The van der Waals surface area contributed by atoms with Crippen molar-refractivity contribution in [3.63, 3.8) is 0 Å². The molecule has 0 spiro atoms. The van der Waals surface area contributed by atoms with Gasteiger partial charge in [-0.3, -0.25) is 19.0 Å². The number of fused-ring (bicyclic) bond motifs is 1. The van der Waals surface area contributed by atoms with Crippen LogP contribution in [0, 0.1) is 13.8 Å². The van der Waals surface area contributed by atoms with Crippen LogP contribution in [0.5, 0.6) is 0 Å². The number of rotatable bonds is 7. The second-order valence-corrected chi connectivity index (χ2v) is 8.36. The number of ether oxygens (including phenoxy) is 1. The number of hydrogen-bond acceptors (Lipinski definition) is 6. The van der Waals surface area contributed by atoms with Gasteiger partial charge in [-0.2, -0.15) is 0 Å². The van der Waals surface area contributed by atoms with Crippen molar-refractivity contribution >= 4 is 33.3 Å². The van der Waals surface area contributed by atoms with Crippen LogP contribution < -0.4 is 5.56 Å². The summed E-state index contributed by atoms with van der Waals surface area (Å²) in [6.45, 7) is 7.40. The summed E-state index contributed by atoms with van der Waals surface area (Å²) < 4.78 is 6.31. The normalized spacial score (nSPS) is 12.1. The smallest absolute Gasteiger partial charge is 0.326 e. The summed E-state index contributed by atoms with van der Waals surface area (Å²) in [5.74, 6) is -0.501. The SMILES string of the molecule is CC[C@H](C)c1ccc(C(=O)COC(=O)Cn2cnc3sc(C)c(C)c3c2=O)cc1. The van der Waals surface area contributed by atoms with Crippen LogP contribution in [0.4, 0.5) is 0 Å². The number of esters is 1. The average molecular weight is 413 g/mol. The molecule has 0 aliphatic rings. The lowest BCUT2D eigenvalue weighted by Crippen LogP contribution is -2.26. The molecule has 1 atom stereocenters. The standard InChI is InChI=1S/C22H24N2O4S/c1-5-13(2)16-6-8-17(9-7-16)18(25)11-28-19(26)10-24-12-23-21-20(22(24)27)14(3)15(4)29-21/h6-9,12-13H,5,10-11H2,1-4H3/t13-/m0/s1. The van der Waals surface area contributed by atoms with E-state index in [0.717, 1.165) is 16.9 Å². The predicted octanol–water partition coefficient (Wildman–Crippen LogP) is 4.01. The van der Waals surface area contributed by atoms with Crippen molar-refractivity contribution in [2.24, 2.45) is 0 Å². The van der Waals surface area contributed by atoms with E-state index < -0.39 is 5.97 Å². The third kappa shape index (κ3) is 4.45. The van der Waals surface area contributed by atoms with Crippen molar-refractivity contribution in [1.29, 1.82) is 0 Å². The molecule has 0 aliphatic heterocycles. The molecule has 152 valence electrons. The quantitative estimate of drug-likeness (QED) is 0.433. The van der Waals surface area contributed by atoms with Gasteiger partial charge < -0.3 is 4.74 Å². The zero-order valence-electron chi connectivity index (χ0n) is 17.0. The highest BCUT2D eigenvalue weighted by Gasteiger charge is 2.15. The number of ketones is 1. The molecule has 3 rings (SSSR count). The lowest BCUT2D eigenvalue weighted by atomic mass is 9.97. The molecule has 2 aromatic heterocycles. The zero-order chi connectivity index (χ0) is 21.1. The van der Waals surface area contributed by atoms with E-state index in [1.807, 2.05) is 26.0 Å². The minimum Gasteiger partial charge on any atom is -0.456 e. The largest absolute Gasteiger partial charge is 0.456 e. The topological polar surface area (TPSA) is 78.3 Å². The van der Waals surface area contributed by atoms with Crippen molar-refractivity contribution in [2.45, 2.75) is 46.6 Å². The first-order chi connectivity index (χ1) is 13.8. The highest BCUT2D eigenvalue weighted by atomic mass is 32.1. The first kappa shape index (κ1) is 20.9. The van der Waals surface area contributed by atoms with Gasteiger partial charge in [-0.1, -0.05) is 38.1 Å². The summed E-state index contributed by atoms with van der Waals surface area (Å²) in [7, 11) is 0. The number of aryl methyl sites for hydroxylation is 2. The maximum atomic E-state index is 12.6. The third-order valence-corrected chi connectivity index (χ3v) is 6.35. The van der Waals surface area contributed by atoms with Crippen molar-refractivity contribution in [3.8, 4) is 0 Å². The molecular weight excluding hydrogens is 388 g/mol. The first-order valence-electron chi connectivity index (χ1n) is 9.55. The van der Waals surface area contributed by atoms with Crippen LogP contribution in [-0.4, -0.2) is 27.9 Å². The summed E-state index contributed by atoms with van der Waals surface area (Å²) in [5, 5.41) is 0.528. The Morgan fingerprint density at radius 3 is 2.55 bits per heavy atom. The third-order valence-electron chi connectivity index (χ3n) is 5.23. The molecular formula is C22H24N2O4S. The summed E-state index contributed by atoms with van der Waals surface area (Å²) in [6, 6.07) is 7.35. The summed E-state index contributed by atoms with van der Waals surface area (Å²) in [4.78, 5) is 43.0. The number of Topliss-reactive ketones (excluding diaryl/α,β-unsaturated/α-hetero) is 1. The molecule has 7 heteroatoms. The second kappa shape index (κ2) is 8.69. The fourth-order valence-electron chi connectivity index (χ4n) is 3.03. The Kier molecular flexibility index (Phi) is 6.27. The molecule has 6 nitrogen and oxygen atoms in total. The van der Waals surface area contributed by atoms with E-state index >= 15 is 0 Å². The maximum Gasteiger partial charge on any atom is 0.326 e. The van der Waals surface area contributed by atoms with Crippen LogP contribution in [0.25, 0.3) is 10.2 Å². The molecule has 0 amide bonds. The van der Waals surface area contributed by atoms with E-state index in [1.165, 1.54) is 27.8 Å². The summed E-state index contributed by atoms with van der Waals surface area (Å²) in [5.41, 5.74) is 2.26. The van der Waals surface area contributed by atoms with Gasteiger partial charge in [-0.15, -0.1) is 11.3 Å². The van der Waals surface area contributed by atoms with Gasteiger partial charge in [-0.05, 0) is 37.3 Å². The number of benzene rings is 1. The molecule has 2 heterocycles. The molecule has 0 saturated carbocycles. The Morgan fingerprint density at radius 1 is 1.21 bits per heavy atom. The van der Waals surface area contributed by atoms with E-state index in [9.17, 15) is 14.4 Å². The Balaban J connectivity index is 1.63. The first-order valence-corrected chi connectivity index (χ1v) is 10.4. The minimum atomic E-state index is -0.651. The van der Waals surface area contributed by atoms with E-state index in [-0.39, 0.29) is 24.5 Å². The Bertz CT molecular complexity index is 1110. The lowest BCUT2D eigenvalue weighted by molar-refractivity contribution is -0.143. The number of nitrogens with zero attached hydrogens (tertiary/aromatic N) is 2. The Labute approximate surface area is 173 Å². The van der Waals surface area contributed by atoms with Crippen LogP contribution in [0.1, 0.15) is 52.5 Å². The van der Waals surface area contributed by atoms with Crippen LogP contribution in [0.2, 0.25) is 0 Å². The van der Waals surface area contributed by atoms with Crippen molar-refractivity contribution in [1.82, 2.24) is 9.55 Å². The van der Waals surface area contributed by atoms with Crippen LogP contribution in [0.3, 0.4) is 0 Å². The Morgan fingerprint density at radius 2 is 1.90 bits per heavy atom.